The van der Waals surface area contributed by atoms with Crippen LogP contribution in [0.1, 0.15) is 26.0 Å². The third kappa shape index (κ3) is 3.71. The molecule has 2 atom stereocenters. The van der Waals surface area contributed by atoms with E-state index in [0.717, 1.165) is 34.8 Å². The van der Waals surface area contributed by atoms with Crippen LogP contribution in [-0.4, -0.2) is 29.1 Å². The van der Waals surface area contributed by atoms with Gasteiger partial charge >= 0.3 is 0 Å². The Morgan fingerprint density at radius 1 is 1.11 bits per heavy atom. The molecule has 1 aliphatic rings. The number of aromatic nitrogens is 2. The Morgan fingerprint density at radius 2 is 1.86 bits per heavy atom. The molecule has 0 amide bonds. The van der Waals surface area contributed by atoms with Gasteiger partial charge in [0.05, 0.1) is 30.7 Å². The molecule has 0 spiro atoms. The van der Waals surface area contributed by atoms with Crippen molar-refractivity contribution in [2.45, 2.75) is 32.5 Å². The molecule has 0 N–H and O–H groups in total. The molecule has 1 aromatic heterocycles. The molecule has 0 saturated heterocycles. The summed E-state index contributed by atoms with van der Waals surface area (Å²) < 4.78 is 13.4. The van der Waals surface area contributed by atoms with Gasteiger partial charge in [-0.05, 0) is 49.8 Å². The van der Waals surface area contributed by atoms with E-state index in [0.29, 0.717) is 5.02 Å². The molecular weight excluding hydrogens is 372 g/mol. The van der Waals surface area contributed by atoms with Crippen LogP contribution in [0.25, 0.3) is 22.5 Å². The van der Waals surface area contributed by atoms with Crippen molar-refractivity contribution in [1.29, 1.82) is 0 Å². The minimum Gasteiger partial charge on any atom is -0.494 e. The fourth-order valence-electron chi connectivity index (χ4n) is 3.66. The maximum absolute atomic E-state index is 6.10. The zero-order valence-corrected chi connectivity index (χ0v) is 17.0. The second-order valence-corrected chi connectivity index (χ2v) is 7.49. The fraction of sp³-hybridized carbons (Fsp3) is 0.261. The topological polar surface area (TPSA) is 36.3 Å². The van der Waals surface area contributed by atoms with Gasteiger partial charge in [0.1, 0.15) is 11.4 Å². The van der Waals surface area contributed by atoms with Crippen molar-refractivity contribution in [1.82, 2.24) is 9.78 Å². The summed E-state index contributed by atoms with van der Waals surface area (Å²) in [6.07, 6.45) is 3.24. The Labute approximate surface area is 170 Å². The van der Waals surface area contributed by atoms with Gasteiger partial charge in [0.25, 0.3) is 0 Å². The number of benzene rings is 2. The zero-order valence-electron chi connectivity index (χ0n) is 16.2. The van der Waals surface area contributed by atoms with Crippen molar-refractivity contribution >= 4 is 17.2 Å². The lowest BCUT2D eigenvalue weighted by molar-refractivity contribution is 0.0303. The quantitative estimate of drug-likeness (QED) is 0.562. The van der Waals surface area contributed by atoms with Crippen molar-refractivity contribution in [3.63, 3.8) is 0 Å². The molecular formula is C23H23ClN2O2. The van der Waals surface area contributed by atoms with Crippen molar-refractivity contribution in [2.24, 2.45) is 0 Å². The molecule has 2 heterocycles. The molecule has 5 heteroatoms. The predicted molar refractivity (Wildman–Crippen MR) is 113 cm³/mol. The van der Waals surface area contributed by atoms with Gasteiger partial charge in [-0.1, -0.05) is 41.9 Å². The highest BCUT2D eigenvalue weighted by molar-refractivity contribution is 6.30. The van der Waals surface area contributed by atoms with Crippen molar-refractivity contribution in [3.05, 3.63) is 71.4 Å². The number of hydrogen-bond acceptors (Lipinski definition) is 3. The van der Waals surface area contributed by atoms with E-state index in [1.165, 1.54) is 5.57 Å². The van der Waals surface area contributed by atoms with E-state index in [1.54, 1.807) is 7.11 Å². The van der Waals surface area contributed by atoms with E-state index in [2.05, 4.69) is 26.0 Å². The summed E-state index contributed by atoms with van der Waals surface area (Å²) in [4.78, 5) is 0. The van der Waals surface area contributed by atoms with E-state index in [1.807, 2.05) is 53.2 Å². The highest BCUT2D eigenvalue weighted by atomic mass is 35.5. The van der Waals surface area contributed by atoms with Crippen LogP contribution in [-0.2, 0) is 4.74 Å². The van der Waals surface area contributed by atoms with Gasteiger partial charge in [-0.3, -0.25) is 0 Å². The third-order valence-electron chi connectivity index (χ3n) is 4.88. The molecule has 0 saturated carbocycles. The second kappa shape index (κ2) is 7.82. The summed E-state index contributed by atoms with van der Waals surface area (Å²) in [5.74, 6) is 0.773. The number of nitrogens with zero attached hydrogens (tertiary/aromatic N) is 2. The van der Waals surface area contributed by atoms with Crippen LogP contribution < -0.4 is 4.74 Å². The first-order valence-corrected chi connectivity index (χ1v) is 9.79. The summed E-state index contributed by atoms with van der Waals surface area (Å²) in [6.45, 7) is 4.16. The van der Waals surface area contributed by atoms with Gasteiger partial charge in [-0.15, -0.1) is 0 Å². The summed E-state index contributed by atoms with van der Waals surface area (Å²) in [5.41, 5.74) is 5.09. The first-order chi connectivity index (χ1) is 13.5. The first kappa shape index (κ1) is 18.8. The average Bonchev–Trinajstić information content (AvgIpc) is 3.13. The highest BCUT2D eigenvalue weighted by Crippen LogP contribution is 2.34. The van der Waals surface area contributed by atoms with Crippen LogP contribution in [0, 0.1) is 0 Å². The van der Waals surface area contributed by atoms with Gasteiger partial charge < -0.3 is 9.47 Å². The maximum atomic E-state index is 6.10. The molecule has 4 nitrogen and oxygen atoms in total. The monoisotopic (exact) mass is 394 g/mol. The number of halogens is 1. The molecule has 0 radical (unpaired) electrons. The fourth-order valence-corrected chi connectivity index (χ4v) is 3.78. The van der Waals surface area contributed by atoms with E-state index < -0.39 is 0 Å². The lowest BCUT2D eigenvalue weighted by atomic mass is 10.00. The molecule has 0 aliphatic carbocycles. The molecule has 0 unspecified atom stereocenters. The van der Waals surface area contributed by atoms with Crippen molar-refractivity contribution in [3.8, 4) is 22.7 Å². The smallest absolute Gasteiger partial charge is 0.144 e. The van der Waals surface area contributed by atoms with Crippen LogP contribution in [0.5, 0.6) is 5.75 Å². The molecule has 28 heavy (non-hydrogen) atoms. The lowest BCUT2D eigenvalue weighted by Crippen LogP contribution is -2.21. The van der Waals surface area contributed by atoms with Crippen molar-refractivity contribution < 1.29 is 9.47 Å². The Kier molecular flexibility index (Phi) is 5.25. The summed E-state index contributed by atoms with van der Waals surface area (Å²) in [7, 11) is 1.68. The Balaban J connectivity index is 1.88. The highest BCUT2D eigenvalue weighted by Gasteiger charge is 2.22. The van der Waals surface area contributed by atoms with Crippen molar-refractivity contribution in [2.75, 3.05) is 7.11 Å². The largest absolute Gasteiger partial charge is 0.494 e. The SMILES string of the molecule is COc1ccccc1-n1nc(C2=C[C@@H](C)O[C@H](C)C2)cc1-c1ccc(Cl)cc1. The van der Waals surface area contributed by atoms with Crippen LogP contribution in [0.3, 0.4) is 0 Å². The van der Waals surface area contributed by atoms with Gasteiger partial charge in [-0.25, -0.2) is 4.68 Å². The van der Waals surface area contributed by atoms with Gasteiger partial charge in [0.2, 0.25) is 0 Å². The average molecular weight is 395 g/mol. The van der Waals surface area contributed by atoms with Crippen LogP contribution in [0.15, 0.2) is 60.7 Å². The first-order valence-electron chi connectivity index (χ1n) is 9.41. The maximum Gasteiger partial charge on any atom is 0.144 e. The summed E-state index contributed by atoms with van der Waals surface area (Å²) >= 11 is 6.10. The third-order valence-corrected chi connectivity index (χ3v) is 5.13. The van der Waals surface area contributed by atoms with E-state index >= 15 is 0 Å². The number of hydrogen-bond donors (Lipinski definition) is 0. The number of rotatable bonds is 4. The minimum atomic E-state index is 0.0779. The van der Waals surface area contributed by atoms with Gasteiger partial charge in [0.15, 0.2) is 0 Å². The second-order valence-electron chi connectivity index (χ2n) is 7.05. The van der Waals surface area contributed by atoms with Gasteiger partial charge in [-0.2, -0.15) is 5.10 Å². The summed E-state index contributed by atoms with van der Waals surface area (Å²) in [6, 6.07) is 17.9. The number of methoxy groups -OCH3 is 1. The molecule has 144 valence electrons. The van der Waals surface area contributed by atoms with Crippen LogP contribution >= 0.6 is 11.6 Å². The number of ether oxygens (including phenoxy) is 2. The molecule has 4 rings (SSSR count). The summed E-state index contributed by atoms with van der Waals surface area (Å²) in [5, 5.41) is 5.67. The zero-order chi connectivity index (χ0) is 19.7. The molecule has 1 aliphatic heterocycles. The molecule has 3 aromatic rings. The predicted octanol–water partition coefficient (Wildman–Crippen LogP) is 5.78. The lowest BCUT2D eigenvalue weighted by Gasteiger charge is -2.24. The standard InChI is InChI=1S/C23H23ClN2O2/c1-15-12-18(13-16(2)28-15)20-14-22(17-8-10-19(24)11-9-17)26(25-20)21-6-4-5-7-23(21)27-3/h4-12,14-16H,13H2,1-3H3/t15-,16-/m1/s1. The van der Waals surface area contributed by atoms with Gasteiger partial charge in [0, 0.05) is 17.0 Å². The van der Waals surface area contributed by atoms with Crippen LogP contribution in [0.2, 0.25) is 5.02 Å². The van der Waals surface area contributed by atoms with Crippen LogP contribution in [0.4, 0.5) is 0 Å². The molecule has 0 fully saturated rings. The minimum absolute atomic E-state index is 0.0779. The normalized spacial score (nSPS) is 19.4. The van der Waals surface area contributed by atoms with E-state index in [-0.39, 0.29) is 12.2 Å². The van der Waals surface area contributed by atoms with E-state index in [9.17, 15) is 0 Å². The Morgan fingerprint density at radius 3 is 2.57 bits per heavy atom. The molecule has 2 aromatic carbocycles. The van der Waals surface area contributed by atoms with E-state index in [4.69, 9.17) is 26.2 Å². The Hall–Kier alpha value is -2.56. The number of para-hydroxylation sites is 2. The molecule has 0 bridgehead atoms. The Bertz CT molecular complexity index is 1010.